The van der Waals surface area contributed by atoms with Gasteiger partial charge in [-0.1, -0.05) is 11.6 Å². The molecule has 1 aromatic rings. The average Bonchev–Trinajstić information content (AvgIpc) is 1.82. The molecule has 0 atom stereocenters. The van der Waals surface area contributed by atoms with E-state index in [4.69, 9.17) is 11.6 Å². The van der Waals surface area contributed by atoms with E-state index in [1.54, 1.807) is 13.8 Å². The van der Waals surface area contributed by atoms with Crippen molar-refractivity contribution in [3.05, 3.63) is 34.1 Å². The van der Waals surface area contributed by atoms with Crippen LogP contribution in [0.1, 0.15) is 11.1 Å². The van der Waals surface area contributed by atoms with Gasteiger partial charge in [0.1, 0.15) is 5.82 Å². The van der Waals surface area contributed by atoms with Crippen molar-refractivity contribution < 1.29 is 4.39 Å². The van der Waals surface area contributed by atoms with Gasteiger partial charge in [-0.3, -0.25) is 0 Å². The molecule has 0 fully saturated rings. The molecule has 0 nitrogen and oxygen atoms in total. The summed E-state index contributed by atoms with van der Waals surface area (Å²) in [6.45, 7) is 3.58. The highest BCUT2D eigenvalue weighted by Gasteiger charge is 2.00. The molecular formula is C8H8ClF. The maximum absolute atomic E-state index is 12.5. The van der Waals surface area contributed by atoms with Crippen molar-refractivity contribution in [2.45, 2.75) is 13.8 Å². The zero-order chi connectivity index (χ0) is 7.72. The second-order valence-corrected chi connectivity index (χ2v) is 2.73. The van der Waals surface area contributed by atoms with Crippen molar-refractivity contribution in [2.24, 2.45) is 0 Å². The summed E-state index contributed by atoms with van der Waals surface area (Å²) in [7, 11) is 0. The quantitative estimate of drug-likeness (QED) is 0.544. The monoisotopic (exact) mass is 158 g/mol. The standard InChI is InChI=1S/C8H8ClF/c1-5-3-7(10)4-6(2)8(5)9/h3-4H,1-2H3. The number of rotatable bonds is 0. The third-order valence-corrected chi connectivity index (χ3v) is 2.00. The Kier molecular flexibility index (Phi) is 1.95. The highest BCUT2D eigenvalue weighted by Crippen LogP contribution is 2.20. The van der Waals surface area contributed by atoms with E-state index in [1.165, 1.54) is 12.1 Å². The van der Waals surface area contributed by atoms with E-state index < -0.39 is 0 Å². The first kappa shape index (κ1) is 7.55. The zero-order valence-electron chi connectivity index (χ0n) is 5.91. The largest absolute Gasteiger partial charge is 0.207 e. The van der Waals surface area contributed by atoms with Crippen LogP contribution in [0.5, 0.6) is 0 Å². The van der Waals surface area contributed by atoms with Crippen molar-refractivity contribution in [1.29, 1.82) is 0 Å². The smallest absolute Gasteiger partial charge is 0.123 e. The van der Waals surface area contributed by atoms with Crippen LogP contribution in [0.25, 0.3) is 0 Å². The number of benzene rings is 1. The fourth-order valence-corrected chi connectivity index (χ4v) is 1.00. The van der Waals surface area contributed by atoms with Gasteiger partial charge in [0.05, 0.1) is 0 Å². The molecule has 0 amide bonds. The van der Waals surface area contributed by atoms with Gasteiger partial charge in [0, 0.05) is 5.02 Å². The van der Waals surface area contributed by atoms with Crippen LogP contribution in [0, 0.1) is 19.7 Å². The third kappa shape index (κ3) is 1.29. The summed E-state index contributed by atoms with van der Waals surface area (Å²) in [5, 5.41) is 0.654. The maximum atomic E-state index is 12.5. The van der Waals surface area contributed by atoms with Crippen LogP contribution < -0.4 is 0 Å². The third-order valence-electron chi connectivity index (χ3n) is 1.40. The van der Waals surface area contributed by atoms with E-state index in [0.717, 1.165) is 11.1 Å². The Morgan fingerprint density at radius 1 is 1.20 bits per heavy atom. The van der Waals surface area contributed by atoms with Gasteiger partial charge in [-0.25, -0.2) is 4.39 Å². The van der Waals surface area contributed by atoms with Crippen molar-refractivity contribution in [2.75, 3.05) is 0 Å². The minimum absolute atomic E-state index is 0.223. The fourth-order valence-electron chi connectivity index (χ4n) is 0.893. The number of hydrogen-bond acceptors (Lipinski definition) is 0. The predicted octanol–water partition coefficient (Wildman–Crippen LogP) is 3.10. The van der Waals surface area contributed by atoms with Crippen LogP contribution in [0.4, 0.5) is 4.39 Å². The highest BCUT2D eigenvalue weighted by molar-refractivity contribution is 6.32. The van der Waals surface area contributed by atoms with Crippen LogP contribution in [-0.4, -0.2) is 0 Å². The maximum Gasteiger partial charge on any atom is 0.123 e. The van der Waals surface area contributed by atoms with Crippen molar-refractivity contribution in [1.82, 2.24) is 0 Å². The molecule has 2 heteroatoms. The van der Waals surface area contributed by atoms with Gasteiger partial charge in [-0.05, 0) is 37.1 Å². The molecule has 0 N–H and O–H groups in total. The minimum atomic E-state index is -0.223. The van der Waals surface area contributed by atoms with Crippen LogP contribution in [-0.2, 0) is 0 Å². The van der Waals surface area contributed by atoms with E-state index >= 15 is 0 Å². The topological polar surface area (TPSA) is 0 Å². The van der Waals surface area contributed by atoms with Crippen LogP contribution in [0.2, 0.25) is 5.02 Å². The zero-order valence-corrected chi connectivity index (χ0v) is 6.67. The molecule has 0 aliphatic heterocycles. The number of hydrogen-bond donors (Lipinski definition) is 0. The molecule has 0 bridgehead atoms. The van der Waals surface area contributed by atoms with Gasteiger partial charge >= 0.3 is 0 Å². The van der Waals surface area contributed by atoms with Crippen LogP contribution in [0.3, 0.4) is 0 Å². The molecule has 0 saturated carbocycles. The molecule has 0 aromatic heterocycles. The molecule has 1 rings (SSSR count). The summed E-state index contributed by atoms with van der Waals surface area (Å²) in [4.78, 5) is 0. The van der Waals surface area contributed by atoms with E-state index in [9.17, 15) is 4.39 Å². The van der Waals surface area contributed by atoms with Gasteiger partial charge < -0.3 is 0 Å². The van der Waals surface area contributed by atoms with Crippen molar-refractivity contribution in [3.63, 3.8) is 0 Å². The normalized spacial score (nSPS) is 10.0. The Balaban J connectivity index is 3.31. The molecule has 0 aliphatic carbocycles. The minimum Gasteiger partial charge on any atom is -0.207 e. The number of aryl methyl sites for hydroxylation is 2. The van der Waals surface area contributed by atoms with E-state index in [0.29, 0.717) is 5.02 Å². The average molecular weight is 159 g/mol. The number of halogens is 2. The van der Waals surface area contributed by atoms with Crippen molar-refractivity contribution in [3.8, 4) is 0 Å². The van der Waals surface area contributed by atoms with Crippen molar-refractivity contribution >= 4 is 11.6 Å². The molecule has 1 aromatic carbocycles. The summed E-state index contributed by atoms with van der Waals surface area (Å²) >= 11 is 5.78. The molecule has 0 spiro atoms. The Bertz CT molecular complexity index is 232. The lowest BCUT2D eigenvalue weighted by Crippen LogP contribution is -1.83. The predicted molar refractivity (Wildman–Crippen MR) is 40.9 cm³/mol. The van der Waals surface area contributed by atoms with Crippen LogP contribution >= 0.6 is 11.6 Å². The molecule has 0 heterocycles. The second kappa shape index (κ2) is 2.59. The summed E-state index contributed by atoms with van der Waals surface area (Å²) < 4.78 is 12.5. The summed E-state index contributed by atoms with van der Waals surface area (Å²) in [5.74, 6) is -0.223. The van der Waals surface area contributed by atoms with Gasteiger partial charge in [-0.2, -0.15) is 0 Å². The first-order valence-electron chi connectivity index (χ1n) is 3.03. The van der Waals surface area contributed by atoms with E-state index in [1.807, 2.05) is 0 Å². The molecule has 54 valence electrons. The Morgan fingerprint density at radius 3 is 2.00 bits per heavy atom. The lowest BCUT2D eigenvalue weighted by molar-refractivity contribution is 0.625. The molecule has 0 aliphatic rings. The molecule has 0 unspecified atom stereocenters. The van der Waals surface area contributed by atoms with E-state index in [-0.39, 0.29) is 5.82 Å². The lowest BCUT2D eigenvalue weighted by Gasteiger charge is -2.00. The first-order chi connectivity index (χ1) is 4.61. The Hall–Kier alpha value is -0.560. The molecule has 10 heavy (non-hydrogen) atoms. The lowest BCUT2D eigenvalue weighted by atomic mass is 10.1. The van der Waals surface area contributed by atoms with Gasteiger partial charge in [0.25, 0.3) is 0 Å². The van der Waals surface area contributed by atoms with Crippen LogP contribution in [0.15, 0.2) is 12.1 Å². The highest BCUT2D eigenvalue weighted by atomic mass is 35.5. The van der Waals surface area contributed by atoms with Gasteiger partial charge in [-0.15, -0.1) is 0 Å². The van der Waals surface area contributed by atoms with E-state index in [2.05, 4.69) is 0 Å². The molecular weight excluding hydrogens is 151 g/mol. The van der Waals surface area contributed by atoms with Gasteiger partial charge in [0.2, 0.25) is 0 Å². The van der Waals surface area contributed by atoms with Gasteiger partial charge in [0.15, 0.2) is 0 Å². The second-order valence-electron chi connectivity index (χ2n) is 2.35. The Morgan fingerprint density at radius 2 is 1.60 bits per heavy atom. The fraction of sp³-hybridized carbons (Fsp3) is 0.250. The first-order valence-corrected chi connectivity index (χ1v) is 3.41. The molecule has 0 radical (unpaired) electrons. The summed E-state index contributed by atoms with van der Waals surface area (Å²) in [6.07, 6.45) is 0. The Labute approximate surface area is 64.6 Å². The summed E-state index contributed by atoms with van der Waals surface area (Å²) in [5.41, 5.74) is 1.58. The SMILES string of the molecule is Cc1cc(F)cc(C)c1Cl. The molecule has 0 saturated heterocycles. The summed E-state index contributed by atoms with van der Waals surface area (Å²) in [6, 6.07) is 2.85.